The SMILES string of the molecule is C[N+]1=C(C=CC=C2N(CCCCCC(=O)OC3C(=O)CCC3=O)c3ccc(S(=O)(=O)[O-])cc3C2(C)C)C(C)(C)C2C=C(S(=O)(=O)[O-])C=CC21.[Na+]. The third kappa shape index (κ3) is 7.86. The molecule has 1 aromatic rings. The smallest absolute Gasteiger partial charge is 0.744 e. The van der Waals surface area contributed by atoms with Crippen LogP contribution in [-0.4, -0.2) is 79.5 Å². The van der Waals surface area contributed by atoms with Crippen LogP contribution in [0.4, 0.5) is 5.69 Å². The maximum Gasteiger partial charge on any atom is 1.00 e. The number of ketones is 2. The fourth-order valence-corrected chi connectivity index (χ4v) is 8.50. The molecule has 0 spiro atoms. The van der Waals surface area contributed by atoms with Crippen molar-refractivity contribution < 1.29 is 79.2 Å². The summed E-state index contributed by atoms with van der Waals surface area (Å²) in [7, 11) is -7.38. The van der Waals surface area contributed by atoms with Crippen molar-refractivity contribution in [3.63, 3.8) is 0 Å². The summed E-state index contributed by atoms with van der Waals surface area (Å²) in [5.41, 5.74) is 2.01. The number of hydrogen-bond acceptors (Lipinski definition) is 11. The van der Waals surface area contributed by atoms with E-state index in [4.69, 9.17) is 4.74 Å². The van der Waals surface area contributed by atoms with E-state index >= 15 is 0 Å². The number of likely N-dealkylation sites (N-methyl/N-ethyl adjacent to an activating group) is 1. The first-order valence-electron chi connectivity index (χ1n) is 16.2. The molecular weight excluding hydrogens is 696 g/mol. The Balaban J connectivity index is 0.00000562. The van der Waals surface area contributed by atoms with Crippen molar-refractivity contribution in [2.24, 2.45) is 11.3 Å². The van der Waals surface area contributed by atoms with Crippen LogP contribution in [0.25, 0.3) is 0 Å². The molecule has 264 valence electrons. The Morgan fingerprint density at radius 3 is 2.30 bits per heavy atom. The number of Topliss-reactive ketones (excluding diaryl/α,β-unsaturated/α-hetero) is 2. The summed E-state index contributed by atoms with van der Waals surface area (Å²) >= 11 is 0. The van der Waals surface area contributed by atoms with E-state index < -0.39 is 43.1 Å². The number of carbonyl (C=O) groups is 3. The van der Waals surface area contributed by atoms with Crippen LogP contribution >= 0.6 is 0 Å². The van der Waals surface area contributed by atoms with E-state index in [0.717, 1.165) is 17.1 Å². The van der Waals surface area contributed by atoms with E-state index in [2.05, 4.69) is 9.48 Å². The average molecular weight is 737 g/mol. The monoisotopic (exact) mass is 736 g/mol. The van der Waals surface area contributed by atoms with Gasteiger partial charge in [-0.1, -0.05) is 32.4 Å². The van der Waals surface area contributed by atoms with Gasteiger partial charge in [-0.05, 0) is 68.7 Å². The van der Waals surface area contributed by atoms with Gasteiger partial charge in [0.1, 0.15) is 27.3 Å². The molecule has 2 atom stereocenters. The third-order valence-electron chi connectivity index (χ3n) is 10.2. The fourth-order valence-electron chi connectivity index (χ4n) is 7.44. The summed E-state index contributed by atoms with van der Waals surface area (Å²) in [4.78, 5) is 37.4. The van der Waals surface area contributed by atoms with Crippen molar-refractivity contribution in [3.8, 4) is 0 Å². The molecule has 2 aliphatic carbocycles. The maximum atomic E-state index is 12.3. The van der Waals surface area contributed by atoms with Gasteiger partial charge in [0, 0.05) is 48.7 Å². The topological polar surface area (TPSA) is 181 Å². The quantitative estimate of drug-likeness (QED) is 0.0777. The van der Waals surface area contributed by atoms with Crippen LogP contribution in [0.2, 0.25) is 0 Å². The molecule has 4 aliphatic rings. The Hall–Kier alpha value is -2.72. The molecule has 12 nitrogen and oxygen atoms in total. The van der Waals surface area contributed by atoms with E-state index in [0.29, 0.717) is 31.4 Å². The van der Waals surface area contributed by atoms with Crippen LogP contribution in [0.15, 0.2) is 70.2 Å². The summed E-state index contributed by atoms with van der Waals surface area (Å²) in [5.74, 6) is -1.58. The second-order valence-corrected chi connectivity index (χ2v) is 16.8. The van der Waals surface area contributed by atoms with Gasteiger partial charge in [-0.3, -0.25) is 14.4 Å². The van der Waals surface area contributed by atoms with Gasteiger partial charge in [-0.25, -0.2) is 21.4 Å². The third-order valence-corrected chi connectivity index (χ3v) is 11.8. The number of hydrogen-bond donors (Lipinski definition) is 0. The van der Waals surface area contributed by atoms with E-state index in [1.165, 1.54) is 24.3 Å². The van der Waals surface area contributed by atoms with Crippen molar-refractivity contribution in [2.75, 3.05) is 18.5 Å². The molecule has 0 amide bonds. The van der Waals surface area contributed by atoms with Crippen molar-refractivity contribution in [2.45, 2.75) is 88.7 Å². The molecule has 15 heteroatoms. The van der Waals surface area contributed by atoms with E-state index in [1.807, 2.05) is 53.0 Å². The molecule has 50 heavy (non-hydrogen) atoms. The number of anilines is 1. The van der Waals surface area contributed by atoms with Crippen molar-refractivity contribution in [1.29, 1.82) is 0 Å². The molecule has 0 N–H and O–H groups in total. The Bertz CT molecular complexity index is 1960. The maximum absolute atomic E-state index is 12.3. The summed E-state index contributed by atoms with van der Waals surface area (Å²) in [5, 5.41) is 0. The van der Waals surface area contributed by atoms with Gasteiger partial charge >= 0.3 is 35.5 Å². The van der Waals surface area contributed by atoms with Crippen LogP contribution in [0, 0.1) is 11.3 Å². The van der Waals surface area contributed by atoms with Crippen LogP contribution < -0.4 is 34.5 Å². The molecule has 5 rings (SSSR count). The molecule has 0 radical (unpaired) electrons. The number of ether oxygens (including phenoxy) is 1. The van der Waals surface area contributed by atoms with Crippen molar-refractivity contribution in [1.82, 2.24) is 0 Å². The number of unbranched alkanes of at least 4 members (excludes halogenated alkanes) is 2. The molecule has 1 aromatic carbocycles. The van der Waals surface area contributed by atoms with E-state index in [9.17, 15) is 40.3 Å². The van der Waals surface area contributed by atoms with E-state index in [1.54, 1.807) is 12.1 Å². The Morgan fingerprint density at radius 1 is 1.02 bits per heavy atom. The zero-order valence-corrected chi connectivity index (χ0v) is 32.8. The van der Waals surface area contributed by atoms with E-state index in [-0.39, 0.29) is 82.1 Å². The fraction of sp³-hybridized carbons (Fsp3) is 0.486. The molecule has 2 aliphatic heterocycles. The van der Waals surface area contributed by atoms with Crippen LogP contribution in [0.5, 0.6) is 0 Å². The number of carbonyl (C=O) groups excluding carboxylic acids is 3. The molecular formula is C35H41N2NaO10S2. The molecule has 0 saturated heterocycles. The molecule has 0 bridgehead atoms. The van der Waals surface area contributed by atoms with Gasteiger partial charge in [0.25, 0.3) is 0 Å². The van der Waals surface area contributed by atoms with Gasteiger partial charge in [0.2, 0.25) is 6.10 Å². The molecule has 2 heterocycles. The summed E-state index contributed by atoms with van der Waals surface area (Å²) in [6.45, 7) is 8.40. The summed E-state index contributed by atoms with van der Waals surface area (Å²) < 4.78 is 78.1. The molecule has 1 saturated carbocycles. The molecule has 1 fully saturated rings. The first-order valence-corrected chi connectivity index (χ1v) is 19.0. The Labute approximate surface area is 315 Å². The normalized spacial score (nSPS) is 23.8. The molecule has 2 unspecified atom stereocenters. The first kappa shape index (κ1) is 40.1. The number of allylic oxidation sites excluding steroid dienone is 5. The van der Waals surface area contributed by atoms with Crippen molar-refractivity contribution in [3.05, 3.63) is 70.8 Å². The zero-order chi connectivity index (χ0) is 36.1. The van der Waals surface area contributed by atoms with Gasteiger partial charge in [0.15, 0.2) is 23.3 Å². The van der Waals surface area contributed by atoms with Gasteiger partial charge in [-0.15, -0.1) is 0 Å². The van der Waals surface area contributed by atoms with Crippen LogP contribution in [-0.2, 0) is 44.8 Å². The van der Waals surface area contributed by atoms with Crippen LogP contribution in [0.3, 0.4) is 0 Å². The number of esters is 1. The Kier molecular flexibility index (Phi) is 11.8. The summed E-state index contributed by atoms with van der Waals surface area (Å²) in [6, 6.07) is 4.22. The number of fused-ring (bicyclic) bond motifs is 2. The molecule has 0 aromatic heterocycles. The van der Waals surface area contributed by atoms with Gasteiger partial charge in [-0.2, -0.15) is 0 Å². The minimum atomic E-state index is -4.69. The number of nitrogens with zero attached hydrogens (tertiary/aromatic N) is 2. The number of rotatable bonds is 11. The van der Waals surface area contributed by atoms with Gasteiger partial charge in [0.05, 0.1) is 21.1 Å². The first-order chi connectivity index (χ1) is 22.7. The second-order valence-electron chi connectivity index (χ2n) is 14.1. The minimum Gasteiger partial charge on any atom is -0.744 e. The average Bonchev–Trinajstić information content (AvgIpc) is 3.51. The minimum absolute atomic E-state index is 0. The second kappa shape index (κ2) is 14.7. The summed E-state index contributed by atoms with van der Waals surface area (Å²) in [6.07, 6.45) is 11.1. The van der Waals surface area contributed by atoms with Crippen LogP contribution in [0.1, 0.15) is 71.8 Å². The largest absolute Gasteiger partial charge is 1.00 e. The van der Waals surface area contributed by atoms with Crippen molar-refractivity contribution >= 4 is 49.2 Å². The Morgan fingerprint density at radius 2 is 1.68 bits per heavy atom. The standard InChI is InChI=1S/C35H42N2O10S2.Na/c1-34(2)24-20-22(48(41,42)43)13-15-26(24)36(5)30(34)10-9-11-31-35(3,4)25-21-23(49(44,45)46)14-16-27(25)37(31)19-8-6-7-12-32(40)47-33-28(38)17-18-29(33)39;/h9-11,13-16,20-21,24,26,33H,6-8,12,17-19H2,1-5H3,(H-,41,42,43,44,45,46);/q;+1/p-1. The predicted molar refractivity (Wildman–Crippen MR) is 179 cm³/mol. The zero-order valence-electron chi connectivity index (χ0n) is 29.2. The predicted octanol–water partition coefficient (Wildman–Crippen LogP) is 0.643. The van der Waals surface area contributed by atoms with Gasteiger partial charge < -0.3 is 18.7 Å². The number of benzene rings is 1.